The second kappa shape index (κ2) is 7.35. The van der Waals surface area contributed by atoms with Crippen LogP contribution in [0.5, 0.6) is 0 Å². The Morgan fingerprint density at radius 3 is 2.70 bits per heavy atom. The first kappa shape index (κ1) is 16.3. The molecule has 1 aliphatic heterocycles. The predicted octanol–water partition coefficient (Wildman–Crippen LogP) is 2.99. The Balaban J connectivity index is 1.85. The number of carbonyl (C=O) groups is 1. The van der Waals surface area contributed by atoms with Crippen LogP contribution in [-0.4, -0.2) is 55.5 Å². The fourth-order valence-corrected chi connectivity index (χ4v) is 3.84. The van der Waals surface area contributed by atoms with Crippen molar-refractivity contribution in [3.8, 4) is 0 Å². The minimum absolute atomic E-state index is 0.235. The van der Waals surface area contributed by atoms with Crippen molar-refractivity contribution in [1.82, 2.24) is 9.80 Å². The zero-order valence-electron chi connectivity index (χ0n) is 14.5. The SMILES string of the molecule is CN(C)CCN(C(=O)c1cccc2c1CCCN2)C1CCCC1. The van der Waals surface area contributed by atoms with Gasteiger partial charge >= 0.3 is 0 Å². The van der Waals surface area contributed by atoms with Gasteiger partial charge in [-0.15, -0.1) is 0 Å². The third-order valence-electron chi connectivity index (χ3n) is 5.14. The molecule has 126 valence electrons. The highest BCUT2D eigenvalue weighted by molar-refractivity contribution is 5.97. The van der Waals surface area contributed by atoms with Gasteiger partial charge in [0.05, 0.1) is 0 Å². The van der Waals surface area contributed by atoms with Gasteiger partial charge in [0.15, 0.2) is 0 Å². The van der Waals surface area contributed by atoms with Crippen LogP contribution in [0.3, 0.4) is 0 Å². The van der Waals surface area contributed by atoms with Crippen LogP contribution in [-0.2, 0) is 6.42 Å². The molecule has 2 aliphatic rings. The summed E-state index contributed by atoms with van der Waals surface area (Å²) in [6.45, 7) is 2.76. The number of amides is 1. The summed E-state index contributed by atoms with van der Waals surface area (Å²) in [7, 11) is 4.15. The fraction of sp³-hybridized carbons (Fsp3) is 0.632. The van der Waals surface area contributed by atoms with Crippen LogP contribution in [0.15, 0.2) is 18.2 Å². The highest BCUT2D eigenvalue weighted by atomic mass is 16.2. The quantitative estimate of drug-likeness (QED) is 0.907. The average molecular weight is 315 g/mol. The molecule has 3 rings (SSSR count). The second-order valence-electron chi connectivity index (χ2n) is 7.10. The summed E-state index contributed by atoms with van der Waals surface area (Å²) in [5, 5.41) is 3.44. The lowest BCUT2D eigenvalue weighted by molar-refractivity contribution is 0.0666. The molecule has 4 nitrogen and oxygen atoms in total. The lowest BCUT2D eigenvalue weighted by atomic mass is 9.96. The molecule has 1 N–H and O–H groups in total. The van der Waals surface area contributed by atoms with E-state index in [4.69, 9.17) is 0 Å². The number of rotatable bonds is 5. The first-order valence-electron chi connectivity index (χ1n) is 8.98. The molecule has 0 atom stereocenters. The Bertz CT molecular complexity index is 550. The molecule has 1 fully saturated rings. The van der Waals surface area contributed by atoms with Crippen molar-refractivity contribution in [3.05, 3.63) is 29.3 Å². The second-order valence-corrected chi connectivity index (χ2v) is 7.10. The van der Waals surface area contributed by atoms with Crippen LogP contribution >= 0.6 is 0 Å². The number of nitrogens with one attached hydrogen (secondary N) is 1. The van der Waals surface area contributed by atoms with Gasteiger partial charge in [-0.25, -0.2) is 0 Å². The summed E-state index contributed by atoms with van der Waals surface area (Å²) < 4.78 is 0. The standard InChI is InChI=1S/C19H29N3O/c1-21(2)13-14-22(15-7-3-4-8-15)19(23)17-9-5-11-18-16(17)10-6-12-20-18/h5,9,11,15,20H,3-4,6-8,10,12-14H2,1-2H3. The van der Waals surface area contributed by atoms with Gasteiger partial charge in [-0.1, -0.05) is 18.9 Å². The lowest BCUT2D eigenvalue weighted by Crippen LogP contribution is -2.43. The molecular weight excluding hydrogens is 286 g/mol. The van der Waals surface area contributed by atoms with Gasteiger partial charge in [-0.2, -0.15) is 0 Å². The molecule has 1 saturated carbocycles. The molecule has 23 heavy (non-hydrogen) atoms. The topological polar surface area (TPSA) is 35.6 Å². The van der Waals surface area contributed by atoms with Crippen LogP contribution in [0.1, 0.15) is 48.0 Å². The van der Waals surface area contributed by atoms with Crippen molar-refractivity contribution >= 4 is 11.6 Å². The van der Waals surface area contributed by atoms with E-state index in [1.54, 1.807) is 0 Å². The number of hydrogen-bond donors (Lipinski definition) is 1. The van der Waals surface area contributed by atoms with Gasteiger partial charge in [0.2, 0.25) is 0 Å². The summed E-state index contributed by atoms with van der Waals surface area (Å²) in [5.74, 6) is 0.235. The maximum atomic E-state index is 13.3. The molecule has 1 amide bonds. The predicted molar refractivity (Wildman–Crippen MR) is 95.1 cm³/mol. The number of fused-ring (bicyclic) bond motifs is 1. The summed E-state index contributed by atoms with van der Waals surface area (Å²) in [5.41, 5.74) is 3.29. The molecular formula is C19H29N3O. The van der Waals surface area contributed by atoms with Crippen LogP contribution < -0.4 is 5.32 Å². The molecule has 0 unspecified atom stereocenters. The molecule has 1 heterocycles. The van der Waals surface area contributed by atoms with E-state index in [0.29, 0.717) is 6.04 Å². The van der Waals surface area contributed by atoms with Gasteiger partial charge in [-0.05, 0) is 57.5 Å². The third-order valence-corrected chi connectivity index (χ3v) is 5.14. The Kier molecular flexibility index (Phi) is 5.21. The largest absolute Gasteiger partial charge is 0.385 e. The fourth-order valence-electron chi connectivity index (χ4n) is 3.84. The number of anilines is 1. The summed E-state index contributed by atoms with van der Waals surface area (Å²) in [6, 6.07) is 6.56. The summed E-state index contributed by atoms with van der Waals surface area (Å²) >= 11 is 0. The van der Waals surface area contributed by atoms with E-state index in [1.165, 1.54) is 18.4 Å². The van der Waals surface area contributed by atoms with Crippen molar-refractivity contribution in [3.63, 3.8) is 0 Å². The van der Waals surface area contributed by atoms with Gasteiger partial charge < -0.3 is 15.1 Å². The van der Waals surface area contributed by atoms with Crippen LogP contribution in [0.4, 0.5) is 5.69 Å². The minimum Gasteiger partial charge on any atom is -0.385 e. The maximum Gasteiger partial charge on any atom is 0.254 e. The van der Waals surface area contributed by atoms with Crippen molar-refractivity contribution < 1.29 is 4.79 Å². The Hall–Kier alpha value is -1.55. The van der Waals surface area contributed by atoms with Gasteiger partial charge in [0.1, 0.15) is 0 Å². The van der Waals surface area contributed by atoms with E-state index in [2.05, 4.69) is 35.3 Å². The number of carbonyl (C=O) groups excluding carboxylic acids is 1. The molecule has 0 spiro atoms. The zero-order chi connectivity index (χ0) is 16.2. The minimum atomic E-state index is 0.235. The van der Waals surface area contributed by atoms with E-state index in [1.807, 2.05) is 12.1 Å². The first-order valence-corrected chi connectivity index (χ1v) is 8.98. The molecule has 1 aliphatic carbocycles. The zero-order valence-corrected chi connectivity index (χ0v) is 14.5. The van der Waals surface area contributed by atoms with E-state index in [-0.39, 0.29) is 5.91 Å². The third kappa shape index (κ3) is 3.69. The molecule has 0 saturated heterocycles. The first-order chi connectivity index (χ1) is 11.2. The van der Waals surface area contributed by atoms with Crippen LogP contribution in [0.25, 0.3) is 0 Å². The lowest BCUT2D eigenvalue weighted by Gasteiger charge is -2.32. The van der Waals surface area contributed by atoms with Crippen molar-refractivity contribution in [2.24, 2.45) is 0 Å². The Morgan fingerprint density at radius 1 is 1.17 bits per heavy atom. The smallest absolute Gasteiger partial charge is 0.254 e. The highest BCUT2D eigenvalue weighted by Gasteiger charge is 2.29. The van der Waals surface area contributed by atoms with Crippen LogP contribution in [0.2, 0.25) is 0 Å². The van der Waals surface area contributed by atoms with Crippen molar-refractivity contribution in [1.29, 1.82) is 0 Å². The summed E-state index contributed by atoms with van der Waals surface area (Å²) in [6.07, 6.45) is 6.95. The normalized spacial score (nSPS) is 17.9. The Labute approximate surface area is 139 Å². The van der Waals surface area contributed by atoms with E-state index in [0.717, 1.165) is 56.6 Å². The van der Waals surface area contributed by atoms with Gasteiger partial charge in [0, 0.05) is 36.9 Å². The molecule has 1 aromatic rings. The Morgan fingerprint density at radius 2 is 1.96 bits per heavy atom. The number of hydrogen-bond acceptors (Lipinski definition) is 3. The van der Waals surface area contributed by atoms with Crippen molar-refractivity contribution in [2.45, 2.75) is 44.6 Å². The van der Waals surface area contributed by atoms with E-state index in [9.17, 15) is 4.79 Å². The summed E-state index contributed by atoms with van der Waals surface area (Å²) in [4.78, 5) is 17.6. The highest BCUT2D eigenvalue weighted by Crippen LogP contribution is 2.29. The number of nitrogens with zero attached hydrogens (tertiary/aromatic N) is 2. The maximum absolute atomic E-state index is 13.3. The molecule has 0 bridgehead atoms. The molecule has 4 heteroatoms. The monoisotopic (exact) mass is 315 g/mol. The molecule has 1 aromatic carbocycles. The number of benzene rings is 1. The van der Waals surface area contributed by atoms with Crippen molar-refractivity contribution in [2.75, 3.05) is 39.0 Å². The molecule has 0 aromatic heterocycles. The van der Waals surface area contributed by atoms with E-state index < -0.39 is 0 Å². The van der Waals surface area contributed by atoms with Crippen LogP contribution in [0, 0.1) is 0 Å². The molecule has 0 radical (unpaired) electrons. The van der Waals surface area contributed by atoms with Gasteiger partial charge in [0.25, 0.3) is 5.91 Å². The van der Waals surface area contributed by atoms with Gasteiger partial charge in [-0.3, -0.25) is 4.79 Å². The average Bonchev–Trinajstić information content (AvgIpc) is 3.08. The number of likely N-dealkylation sites (N-methyl/N-ethyl adjacent to an activating group) is 1. The van der Waals surface area contributed by atoms with E-state index >= 15 is 0 Å².